The zero-order chi connectivity index (χ0) is 19.6. The molecule has 5 nitrogen and oxygen atoms in total. The normalized spacial score (nSPS) is 10.7. The summed E-state index contributed by atoms with van der Waals surface area (Å²) in [4.78, 5) is 26.5. The molecule has 144 valence electrons. The zero-order valence-corrected chi connectivity index (χ0v) is 16.6. The highest BCUT2D eigenvalue weighted by molar-refractivity contribution is 6.30. The van der Waals surface area contributed by atoms with Crippen molar-refractivity contribution >= 4 is 29.1 Å². The molecule has 2 amide bonds. The first-order chi connectivity index (χ1) is 13.0. The SMILES string of the molecule is CCCN(CC(=O)NCc1cccc(Cl)c1)CC(=O)Nc1ccccc1C. The van der Waals surface area contributed by atoms with Gasteiger partial charge < -0.3 is 10.6 Å². The van der Waals surface area contributed by atoms with Crippen LogP contribution in [-0.2, 0) is 16.1 Å². The van der Waals surface area contributed by atoms with E-state index in [4.69, 9.17) is 11.6 Å². The van der Waals surface area contributed by atoms with Crippen molar-refractivity contribution in [2.75, 3.05) is 25.0 Å². The number of carbonyl (C=O) groups excluding carboxylic acids is 2. The van der Waals surface area contributed by atoms with Gasteiger partial charge in [0.05, 0.1) is 13.1 Å². The van der Waals surface area contributed by atoms with Crippen molar-refractivity contribution in [3.8, 4) is 0 Å². The first kappa shape index (κ1) is 20.9. The minimum atomic E-state index is -0.125. The average Bonchev–Trinajstić information content (AvgIpc) is 2.62. The van der Waals surface area contributed by atoms with Gasteiger partial charge in [-0.05, 0) is 49.2 Å². The van der Waals surface area contributed by atoms with Crippen molar-refractivity contribution in [1.29, 1.82) is 0 Å². The average molecular weight is 388 g/mol. The summed E-state index contributed by atoms with van der Waals surface area (Å²) in [5, 5.41) is 6.43. The maximum atomic E-state index is 12.3. The summed E-state index contributed by atoms with van der Waals surface area (Å²) in [7, 11) is 0. The minimum Gasteiger partial charge on any atom is -0.351 e. The number of halogens is 1. The van der Waals surface area contributed by atoms with Gasteiger partial charge in [-0.1, -0.05) is 48.9 Å². The van der Waals surface area contributed by atoms with Crippen molar-refractivity contribution in [2.45, 2.75) is 26.8 Å². The lowest BCUT2D eigenvalue weighted by Crippen LogP contribution is -2.41. The Balaban J connectivity index is 1.85. The van der Waals surface area contributed by atoms with Crippen LogP contribution < -0.4 is 10.6 Å². The summed E-state index contributed by atoms with van der Waals surface area (Å²) < 4.78 is 0. The first-order valence-corrected chi connectivity index (χ1v) is 9.44. The van der Waals surface area contributed by atoms with E-state index in [1.165, 1.54) is 0 Å². The van der Waals surface area contributed by atoms with Gasteiger partial charge in [0.2, 0.25) is 11.8 Å². The van der Waals surface area contributed by atoms with Crippen LogP contribution in [0.5, 0.6) is 0 Å². The van der Waals surface area contributed by atoms with Crippen LogP contribution in [0.15, 0.2) is 48.5 Å². The molecule has 0 aliphatic heterocycles. The number of hydrogen-bond donors (Lipinski definition) is 2. The Labute approximate surface area is 165 Å². The predicted octanol–water partition coefficient (Wildman–Crippen LogP) is 3.62. The van der Waals surface area contributed by atoms with Crippen molar-refractivity contribution in [2.24, 2.45) is 0 Å². The number of rotatable bonds is 9. The maximum absolute atomic E-state index is 12.3. The van der Waals surface area contributed by atoms with Crippen molar-refractivity contribution < 1.29 is 9.59 Å². The molecule has 0 bridgehead atoms. The third kappa shape index (κ3) is 7.41. The summed E-state index contributed by atoms with van der Waals surface area (Å²) >= 11 is 5.96. The second kappa shape index (κ2) is 10.7. The number of anilines is 1. The monoisotopic (exact) mass is 387 g/mol. The minimum absolute atomic E-state index is 0.118. The number of nitrogens with one attached hydrogen (secondary N) is 2. The fraction of sp³-hybridized carbons (Fsp3) is 0.333. The zero-order valence-electron chi connectivity index (χ0n) is 15.8. The van der Waals surface area contributed by atoms with E-state index in [1.54, 1.807) is 6.07 Å². The van der Waals surface area contributed by atoms with Crippen LogP contribution >= 0.6 is 11.6 Å². The van der Waals surface area contributed by atoms with E-state index < -0.39 is 0 Å². The highest BCUT2D eigenvalue weighted by Crippen LogP contribution is 2.13. The molecule has 2 rings (SSSR count). The van der Waals surface area contributed by atoms with Crippen LogP contribution in [0, 0.1) is 6.92 Å². The smallest absolute Gasteiger partial charge is 0.238 e. The van der Waals surface area contributed by atoms with Gasteiger partial charge in [-0.15, -0.1) is 0 Å². The molecule has 0 aromatic heterocycles. The van der Waals surface area contributed by atoms with Crippen molar-refractivity contribution in [3.05, 3.63) is 64.7 Å². The van der Waals surface area contributed by atoms with Gasteiger partial charge in [0, 0.05) is 17.3 Å². The van der Waals surface area contributed by atoms with E-state index in [0.29, 0.717) is 18.1 Å². The lowest BCUT2D eigenvalue weighted by Gasteiger charge is -2.21. The van der Waals surface area contributed by atoms with Crippen molar-refractivity contribution in [1.82, 2.24) is 10.2 Å². The van der Waals surface area contributed by atoms with E-state index in [-0.39, 0.29) is 24.9 Å². The third-order valence-electron chi connectivity index (χ3n) is 4.07. The predicted molar refractivity (Wildman–Crippen MR) is 110 cm³/mol. The summed E-state index contributed by atoms with van der Waals surface area (Å²) in [5.41, 5.74) is 2.74. The van der Waals surface area contributed by atoms with Crippen LogP contribution in [-0.4, -0.2) is 36.3 Å². The second-order valence-corrected chi connectivity index (χ2v) is 6.92. The molecule has 0 radical (unpaired) electrons. The molecule has 0 heterocycles. The Morgan fingerprint density at radius 3 is 2.48 bits per heavy atom. The molecule has 0 aliphatic rings. The quantitative estimate of drug-likeness (QED) is 0.690. The molecular weight excluding hydrogens is 362 g/mol. The molecule has 0 saturated carbocycles. The first-order valence-electron chi connectivity index (χ1n) is 9.07. The van der Waals surface area contributed by atoms with Gasteiger partial charge in [0.15, 0.2) is 0 Å². The fourth-order valence-corrected chi connectivity index (χ4v) is 2.96. The number of carbonyl (C=O) groups is 2. The van der Waals surface area contributed by atoms with E-state index in [9.17, 15) is 9.59 Å². The molecule has 0 saturated heterocycles. The molecule has 2 aromatic carbocycles. The Morgan fingerprint density at radius 2 is 1.78 bits per heavy atom. The Hall–Kier alpha value is -2.37. The largest absolute Gasteiger partial charge is 0.351 e. The van der Waals surface area contributed by atoms with Gasteiger partial charge in [0.25, 0.3) is 0 Å². The molecule has 0 unspecified atom stereocenters. The molecule has 0 spiro atoms. The van der Waals surface area contributed by atoms with E-state index >= 15 is 0 Å². The van der Waals surface area contributed by atoms with Crippen LogP contribution in [0.2, 0.25) is 5.02 Å². The molecule has 27 heavy (non-hydrogen) atoms. The van der Waals surface area contributed by atoms with Gasteiger partial charge in [0.1, 0.15) is 0 Å². The molecule has 0 aliphatic carbocycles. The molecular formula is C21H26ClN3O2. The van der Waals surface area contributed by atoms with E-state index in [1.807, 2.05) is 61.2 Å². The van der Waals surface area contributed by atoms with Gasteiger partial charge in [-0.25, -0.2) is 0 Å². The van der Waals surface area contributed by atoms with Gasteiger partial charge in [-0.3, -0.25) is 14.5 Å². The maximum Gasteiger partial charge on any atom is 0.238 e. The van der Waals surface area contributed by atoms with Crippen LogP contribution in [0.4, 0.5) is 5.69 Å². The topological polar surface area (TPSA) is 61.4 Å². The Kier molecular flexibility index (Phi) is 8.30. The number of amides is 2. The molecule has 0 atom stereocenters. The molecule has 2 aromatic rings. The van der Waals surface area contributed by atoms with Crippen molar-refractivity contribution in [3.63, 3.8) is 0 Å². The van der Waals surface area contributed by atoms with E-state index in [2.05, 4.69) is 10.6 Å². The summed E-state index contributed by atoms with van der Waals surface area (Å²) in [6.07, 6.45) is 0.860. The van der Waals surface area contributed by atoms with E-state index in [0.717, 1.165) is 23.2 Å². The summed E-state index contributed by atoms with van der Waals surface area (Å²) in [6.45, 7) is 5.40. The fourth-order valence-electron chi connectivity index (χ4n) is 2.74. The Morgan fingerprint density at radius 1 is 1.04 bits per heavy atom. The lowest BCUT2D eigenvalue weighted by molar-refractivity contribution is -0.123. The number of para-hydroxylation sites is 1. The third-order valence-corrected chi connectivity index (χ3v) is 4.31. The highest BCUT2D eigenvalue weighted by Gasteiger charge is 2.14. The Bertz CT molecular complexity index is 780. The molecule has 0 fully saturated rings. The molecule has 6 heteroatoms. The number of nitrogens with zero attached hydrogens (tertiary/aromatic N) is 1. The standard InChI is InChI=1S/C21H26ClN3O2/c1-3-11-25(15-21(27)24-19-10-5-4-7-16(19)2)14-20(26)23-13-17-8-6-9-18(22)12-17/h4-10,12H,3,11,13-15H2,1-2H3,(H,23,26)(H,24,27). The number of hydrogen-bond acceptors (Lipinski definition) is 3. The number of benzene rings is 2. The summed E-state index contributed by atoms with van der Waals surface area (Å²) in [5.74, 6) is -0.243. The molecule has 2 N–H and O–H groups in total. The van der Waals surface area contributed by atoms with Crippen LogP contribution in [0.3, 0.4) is 0 Å². The summed E-state index contributed by atoms with van der Waals surface area (Å²) in [6, 6.07) is 15.0. The number of aryl methyl sites for hydroxylation is 1. The lowest BCUT2D eigenvalue weighted by atomic mass is 10.2. The van der Waals surface area contributed by atoms with Gasteiger partial charge >= 0.3 is 0 Å². The van der Waals surface area contributed by atoms with Crippen LogP contribution in [0.1, 0.15) is 24.5 Å². The van der Waals surface area contributed by atoms with Crippen LogP contribution in [0.25, 0.3) is 0 Å². The highest BCUT2D eigenvalue weighted by atomic mass is 35.5. The van der Waals surface area contributed by atoms with Gasteiger partial charge in [-0.2, -0.15) is 0 Å². The second-order valence-electron chi connectivity index (χ2n) is 6.48.